The van der Waals surface area contributed by atoms with Gasteiger partial charge in [-0.3, -0.25) is 19.7 Å². The third-order valence-corrected chi connectivity index (χ3v) is 6.39. The molecule has 1 aromatic heterocycles. The monoisotopic (exact) mass is 410 g/mol. The summed E-state index contributed by atoms with van der Waals surface area (Å²) in [6.45, 7) is 6.63. The number of ether oxygens (including phenoxy) is 1. The zero-order valence-corrected chi connectivity index (χ0v) is 17.7. The van der Waals surface area contributed by atoms with Gasteiger partial charge < -0.3 is 15.2 Å². The van der Waals surface area contributed by atoms with Gasteiger partial charge in [0.1, 0.15) is 6.10 Å². The summed E-state index contributed by atoms with van der Waals surface area (Å²) in [5.74, 6) is -0.162. The molecule has 2 aromatic rings. The molecule has 30 heavy (non-hydrogen) atoms. The summed E-state index contributed by atoms with van der Waals surface area (Å²) in [5.41, 5.74) is 1.43. The number of aromatic nitrogens is 2. The number of carbonyl (C=O) groups is 1. The molecule has 7 nitrogen and oxygen atoms in total. The first-order valence-electron chi connectivity index (χ1n) is 10.6. The van der Waals surface area contributed by atoms with Gasteiger partial charge >= 0.3 is 0 Å². The van der Waals surface area contributed by atoms with Crippen LogP contribution in [0.15, 0.2) is 42.7 Å². The van der Waals surface area contributed by atoms with Gasteiger partial charge in [-0.15, -0.1) is 0 Å². The first-order valence-corrected chi connectivity index (χ1v) is 10.6. The number of likely N-dealkylation sites (tertiary alicyclic amines) is 1. The highest BCUT2D eigenvalue weighted by Crippen LogP contribution is 2.40. The number of hydrogen-bond donors (Lipinski definition) is 2. The van der Waals surface area contributed by atoms with Crippen LogP contribution >= 0.6 is 0 Å². The molecule has 0 saturated carbocycles. The third kappa shape index (κ3) is 4.53. The van der Waals surface area contributed by atoms with Gasteiger partial charge in [0.2, 0.25) is 0 Å². The number of rotatable bonds is 4. The van der Waals surface area contributed by atoms with Crippen molar-refractivity contribution in [2.24, 2.45) is 0 Å². The zero-order valence-electron chi connectivity index (χ0n) is 17.7. The molecule has 0 bridgehead atoms. The fourth-order valence-electron chi connectivity index (χ4n) is 4.50. The number of carbonyl (C=O) groups excluding carboxylic acids is 1. The Morgan fingerprint density at radius 2 is 1.97 bits per heavy atom. The summed E-state index contributed by atoms with van der Waals surface area (Å²) in [6.07, 6.45) is 5.21. The lowest BCUT2D eigenvalue weighted by Gasteiger charge is -2.52. The van der Waals surface area contributed by atoms with Crippen molar-refractivity contribution in [2.45, 2.75) is 56.9 Å². The molecule has 2 aliphatic heterocycles. The predicted octanol–water partition coefficient (Wildman–Crippen LogP) is 2.09. The van der Waals surface area contributed by atoms with Crippen LogP contribution < -0.4 is 5.32 Å². The van der Waals surface area contributed by atoms with Crippen LogP contribution in [0.4, 0.5) is 0 Å². The fourth-order valence-corrected chi connectivity index (χ4v) is 4.50. The van der Waals surface area contributed by atoms with E-state index >= 15 is 0 Å². The van der Waals surface area contributed by atoms with Gasteiger partial charge in [0.05, 0.1) is 29.1 Å². The van der Waals surface area contributed by atoms with E-state index in [2.05, 4.69) is 20.2 Å². The molecule has 1 amide bonds. The first kappa shape index (κ1) is 20.9. The number of hydrogen-bond acceptors (Lipinski definition) is 6. The molecule has 7 heteroatoms. The number of piperidine rings is 1. The van der Waals surface area contributed by atoms with Gasteiger partial charge in [0, 0.05) is 44.0 Å². The van der Waals surface area contributed by atoms with Crippen molar-refractivity contribution in [2.75, 3.05) is 19.7 Å². The smallest absolute Gasteiger partial charge is 0.251 e. The number of aryl methyl sites for hydroxylation is 1. The van der Waals surface area contributed by atoms with Crippen LogP contribution in [0.2, 0.25) is 0 Å². The van der Waals surface area contributed by atoms with Crippen molar-refractivity contribution in [1.82, 2.24) is 20.2 Å². The summed E-state index contributed by atoms with van der Waals surface area (Å²) in [4.78, 5) is 23.9. The molecule has 0 aliphatic carbocycles. The second kappa shape index (κ2) is 8.41. The van der Waals surface area contributed by atoms with Crippen LogP contribution in [-0.4, -0.2) is 62.8 Å². The quantitative estimate of drug-likeness (QED) is 0.803. The number of benzene rings is 1. The van der Waals surface area contributed by atoms with E-state index < -0.39 is 11.6 Å². The molecule has 0 radical (unpaired) electrons. The van der Waals surface area contributed by atoms with Gasteiger partial charge in [0.15, 0.2) is 0 Å². The van der Waals surface area contributed by atoms with Gasteiger partial charge in [-0.1, -0.05) is 18.2 Å². The molecular formula is C23H30N4O3. The Morgan fingerprint density at radius 1 is 1.23 bits per heavy atom. The van der Waals surface area contributed by atoms with Crippen molar-refractivity contribution in [3.63, 3.8) is 0 Å². The standard InChI is InChI=1S/C23H30N4O3/c1-17-12-25-19(13-24-17)14-27-10-8-23(9-11-27)16-22(2,20(28)15-30-23)26-21(29)18-6-4-3-5-7-18/h3-7,12-13,20,28H,8-11,14-16H2,1-2H3,(H,26,29)/t20-,22-/m1/s1. The normalized spacial score (nSPS) is 26.4. The summed E-state index contributed by atoms with van der Waals surface area (Å²) in [7, 11) is 0. The molecule has 1 aromatic carbocycles. The highest BCUT2D eigenvalue weighted by molar-refractivity contribution is 5.94. The van der Waals surface area contributed by atoms with Crippen LogP contribution in [0, 0.1) is 6.92 Å². The molecule has 3 heterocycles. The summed E-state index contributed by atoms with van der Waals surface area (Å²) < 4.78 is 6.16. The number of amides is 1. The minimum atomic E-state index is -0.739. The average molecular weight is 411 g/mol. The van der Waals surface area contributed by atoms with Crippen LogP contribution in [-0.2, 0) is 11.3 Å². The van der Waals surface area contributed by atoms with Gasteiger partial charge in [0.25, 0.3) is 5.91 Å². The molecule has 4 rings (SSSR count). The fraction of sp³-hybridized carbons (Fsp3) is 0.522. The highest BCUT2D eigenvalue weighted by Gasteiger charge is 2.50. The van der Waals surface area contributed by atoms with Crippen molar-refractivity contribution in [3.8, 4) is 0 Å². The SMILES string of the molecule is Cc1cnc(CN2CCC3(CC2)C[C@@](C)(NC(=O)c2ccccc2)[C@H](O)CO3)cn1. The van der Waals surface area contributed by atoms with Gasteiger partial charge in [-0.2, -0.15) is 0 Å². The summed E-state index contributed by atoms with van der Waals surface area (Å²) >= 11 is 0. The Bertz CT molecular complexity index is 866. The maximum atomic E-state index is 12.7. The third-order valence-electron chi connectivity index (χ3n) is 6.39. The lowest BCUT2D eigenvalue weighted by molar-refractivity contribution is -0.177. The number of nitrogens with one attached hydrogen (secondary N) is 1. The van der Waals surface area contributed by atoms with Crippen LogP contribution in [0.5, 0.6) is 0 Å². The van der Waals surface area contributed by atoms with Crippen molar-refractivity contribution in [3.05, 3.63) is 59.7 Å². The van der Waals surface area contributed by atoms with Crippen LogP contribution in [0.1, 0.15) is 47.9 Å². The molecular weight excluding hydrogens is 380 g/mol. The van der Waals surface area contributed by atoms with E-state index in [1.807, 2.05) is 38.2 Å². The Morgan fingerprint density at radius 3 is 2.63 bits per heavy atom. The van der Waals surface area contributed by atoms with E-state index in [0.29, 0.717) is 12.0 Å². The van der Waals surface area contributed by atoms with Crippen LogP contribution in [0.3, 0.4) is 0 Å². The first-order chi connectivity index (χ1) is 14.4. The Balaban J connectivity index is 1.39. The van der Waals surface area contributed by atoms with E-state index in [0.717, 1.165) is 43.9 Å². The molecule has 1 spiro atoms. The lowest BCUT2D eigenvalue weighted by Crippen LogP contribution is -2.65. The topological polar surface area (TPSA) is 87.6 Å². The second-order valence-corrected chi connectivity index (χ2v) is 8.85. The predicted molar refractivity (Wildman–Crippen MR) is 113 cm³/mol. The largest absolute Gasteiger partial charge is 0.388 e. The van der Waals surface area contributed by atoms with E-state index in [-0.39, 0.29) is 18.1 Å². The Labute approximate surface area is 177 Å². The molecule has 2 aliphatic rings. The molecule has 160 valence electrons. The second-order valence-electron chi connectivity index (χ2n) is 8.85. The molecule has 2 saturated heterocycles. The van der Waals surface area contributed by atoms with E-state index in [4.69, 9.17) is 4.74 Å². The van der Waals surface area contributed by atoms with Gasteiger partial charge in [-0.25, -0.2) is 0 Å². The van der Waals surface area contributed by atoms with Crippen molar-refractivity contribution >= 4 is 5.91 Å². The number of aliphatic hydroxyl groups is 1. The number of nitrogens with zero attached hydrogens (tertiary/aromatic N) is 3. The summed E-state index contributed by atoms with van der Waals surface area (Å²) in [5, 5.41) is 13.7. The molecule has 2 atom stereocenters. The minimum Gasteiger partial charge on any atom is -0.388 e. The average Bonchev–Trinajstić information content (AvgIpc) is 2.75. The maximum Gasteiger partial charge on any atom is 0.251 e. The van der Waals surface area contributed by atoms with Gasteiger partial charge in [-0.05, 0) is 38.8 Å². The van der Waals surface area contributed by atoms with E-state index in [1.165, 1.54) is 0 Å². The Kier molecular flexibility index (Phi) is 5.86. The Hall–Kier alpha value is -2.35. The van der Waals surface area contributed by atoms with E-state index in [9.17, 15) is 9.90 Å². The van der Waals surface area contributed by atoms with Crippen molar-refractivity contribution in [1.29, 1.82) is 0 Å². The zero-order chi connectivity index (χ0) is 21.2. The van der Waals surface area contributed by atoms with Crippen LogP contribution in [0.25, 0.3) is 0 Å². The van der Waals surface area contributed by atoms with E-state index in [1.54, 1.807) is 18.3 Å². The molecule has 2 fully saturated rings. The van der Waals surface area contributed by atoms with Crippen molar-refractivity contribution < 1.29 is 14.6 Å². The highest BCUT2D eigenvalue weighted by atomic mass is 16.5. The molecule has 2 N–H and O–H groups in total. The lowest BCUT2D eigenvalue weighted by atomic mass is 9.74. The minimum absolute atomic E-state index is 0.162. The maximum absolute atomic E-state index is 12.7. The number of aliphatic hydroxyl groups excluding tert-OH is 1. The summed E-state index contributed by atoms with van der Waals surface area (Å²) in [6, 6.07) is 9.13. The molecule has 0 unspecified atom stereocenters.